The first-order valence-electron chi connectivity index (χ1n) is 11.2. The highest BCUT2D eigenvalue weighted by Crippen LogP contribution is 2.41. The minimum absolute atomic E-state index is 0.0188. The highest BCUT2D eigenvalue weighted by molar-refractivity contribution is 5.97. The molecule has 0 aromatic heterocycles. The van der Waals surface area contributed by atoms with Gasteiger partial charge in [-0.25, -0.2) is 4.79 Å². The molecular weight excluding hydrogens is 431 g/mol. The first-order valence-corrected chi connectivity index (χ1v) is 11.2. The molecule has 5 nitrogen and oxygen atoms in total. The third kappa shape index (κ3) is 4.84. The summed E-state index contributed by atoms with van der Waals surface area (Å²) in [6.45, 7) is 6.40. The van der Waals surface area contributed by atoms with Crippen LogP contribution in [0.5, 0.6) is 0 Å². The number of piperidine rings is 1. The highest BCUT2D eigenvalue weighted by Gasteiger charge is 2.43. The van der Waals surface area contributed by atoms with Gasteiger partial charge in [0.15, 0.2) is 0 Å². The highest BCUT2D eigenvalue weighted by atomic mass is 19.4. The van der Waals surface area contributed by atoms with Gasteiger partial charge in [0.1, 0.15) is 0 Å². The Labute approximate surface area is 191 Å². The number of rotatable bonds is 2. The lowest BCUT2D eigenvalue weighted by Crippen LogP contribution is -2.45. The van der Waals surface area contributed by atoms with Gasteiger partial charge in [-0.2, -0.15) is 13.2 Å². The van der Waals surface area contributed by atoms with E-state index in [1.54, 1.807) is 4.90 Å². The van der Waals surface area contributed by atoms with Gasteiger partial charge in [-0.3, -0.25) is 4.79 Å². The number of likely N-dealkylation sites (tertiary alicyclic amines) is 2. The fourth-order valence-corrected chi connectivity index (χ4v) is 4.96. The van der Waals surface area contributed by atoms with Crippen molar-refractivity contribution in [1.29, 1.82) is 0 Å². The van der Waals surface area contributed by atoms with Gasteiger partial charge in [0, 0.05) is 37.4 Å². The first kappa shape index (κ1) is 23.1. The van der Waals surface area contributed by atoms with E-state index in [2.05, 4.69) is 5.32 Å². The van der Waals surface area contributed by atoms with Gasteiger partial charge in [0.2, 0.25) is 0 Å². The SMILES string of the molecule is Cc1cccc(C)c1C(=O)N1CCC2(CCN(C(=O)Nc3ccc(C(F)(F)F)cc3)C2)CC1. The van der Waals surface area contributed by atoms with Crippen LogP contribution < -0.4 is 5.32 Å². The molecule has 2 aliphatic rings. The molecule has 2 saturated heterocycles. The smallest absolute Gasteiger partial charge is 0.339 e. The van der Waals surface area contributed by atoms with E-state index in [0.29, 0.717) is 31.9 Å². The van der Waals surface area contributed by atoms with Crippen LogP contribution in [0.1, 0.15) is 46.3 Å². The number of nitrogens with zero attached hydrogens (tertiary/aromatic N) is 2. The Morgan fingerprint density at radius 2 is 1.42 bits per heavy atom. The monoisotopic (exact) mass is 459 g/mol. The van der Waals surface area contributed by atoms with Crippen molar-refractivity contribution in [3.63, 3.8) is 0 Å². The summed E-state index contributed by atoms with van der Waals surface area (Å²) in [4.78, 5) is 29.4. The quantitative estimate of drug-likeness (QED) is 0.646. The van der Waals surface area contributed by atoms with Crippen LogP contribution >= 0.6 is 0 Å². The molecule has 1 spiro atoms. The van der Waals surface area contributed by atoms with Gasteiger partial charge in [-0.15, -0.1) is 0 Å². The number of hydrogen-bond donors (Lipinski definition) is 1. The summed E-state index contributed by atoms with van der Waals surface area (Å²) in [6.07, 6.45) is -1.89. The average Bonchev–Trinajstić information content (AvgIpc) is 3.17. The van der Waals surface area contributed by atoms with Crippen molar-refractivity contribution in [3.05, 3.63) is 64.7 Å². The zero-order valence-electron chi connectivity index (χ0n) is 18.8. The largest absolute Gasteiger partial charge is 0.416 e. The van der Waals surface area contributed by atoms with Gasteiger partial charge in [-0.05, 0) is 73.9 Å². The molecule has 0 aliphatic carbocycles. The van der Waals surface area contributed by atoms with Gasteiger partial charge in [0.05, 0.1) is 5.56 Å². The number of halogens is 3. The van der Waals surface area contributed by atoms with E-state index in [9.17, 15) is 22.8 Å². The molecule has 33 heavy (non-hydrogen) atoms. The third-order valence-electron chi connectivity index (χ3n) is 7.00. The molecule has 0 unspecified atom stereocenters. The van der Waals surface area contributed by atoms with Gasteiger partial charge in [-0.1, -0.05) is 18.2 Å². The Kier molecular flexibility index (Phi) is 6.12. The van der Waals surface area contributed by atoms with Crippen molar-refractivity contribution in [1.82, 2.24) is 9.80 Å². The summed E-state index contributed by atoms with van der Waals surface area (Å²) >= 11 is 0. The van der Waals surface area contributed by atoms with Gasteiger partial charge >= 0.3 is 12.2 Å². The lowest BCUT2D eigenvalue weighted by molar-refractivity contribution is -0.137. The summed E-state index contributed by atoms with van der Waals surface area (Å²) in [5.74, 6) is 0.0651. The zero-order chi connectivity index (χ0) is 23.8. The second-order valence-electron chi connectivity index (χ2n) is 9.24. The molecule has 2 aromatic carbocycles. The van der Waals surface area contributed by atoms with Gasteiger partial charge < -0.3 is 15.1 Å². The maximum Gasteiger partial charge on any atom is 0.416 e. The van der Waals surface area contributed by atoms with E-state index >= 15 is 0 Å². The van der Waals surface area contributed by atoms with Crippen LogP contribution in [-0.2, 0) is 6.18 Å². The molecule has 2 heterocycles. The number of benzene rings is 2. The Morgan fingerprint density at radius 3 is 1.97 bits per heavy atom. The Hall–Kier alpha value is -3.03. The molecule has 0 saturated carbocycles. The van der Waals surface area contributed by atoms with Crippen LogP contribution in [0.2, 0.25) is 0 Å². The number of aryl methyl sites for hydroxylation is 2. The fourth-order valence-electron chi connectivity index (χ4n) is 4.96. The number of nitrogens with one attached hydrogen (secondary N) is 1. The van der Waals surface area contributed by atoms with Crippen LogP contribution in [-0.4, -0.2) is 47.9 Å². The van der Waals surface area contributed by atoms with Crippen LogP contribution in [0.15, 0.2) is 42.5 Å². The number of anilines is 1. The number of amides is 3. The van der Waals surface area contributed by atoms with Crippen LogP contribution in [0.4, 0.5) is 23.7 Å². The second-order valence-corrected chi connectivity index (χ2v) is 9.24. The third-order valence-corrected chi connectivity index (χ3v) is 7.00. The Balaban J connectivity index is 1.33. The van der Waals surface area contributed by atoms with Gasteiger partial charge in [0.25, 0.3) is 5.91 Å². The maximum atomic E-state index is 13.1. The standard InChI is InChI=1S/C25H28F3N3O2/c1-17-4-3-5-18(2)21(17)22(32)30-13-10-24(11-14-30)12-15-31(16-24)23(33)29-20-8-6-19(7-9-20)25(26,27)28/h3-9H,10-16H2,1-2H3,(H,29,33). The first-order chi connectivity index (χ1) is 15.6. The summed E-state index contributed by atoms with van der Waals surface area (Å²) < 4.78 is 38.2. The van der Waals surface area contributed by atoms with Crippen molar-refractivity contribution in [2.24, 2.45) is 5.41 Å². The molecular formula is C25H28F3N3O2. The predicted octanol–water partition coefficient (Wildman–Crippen LogP) is 5.48. The summed E-state index contributed by atoms with van der Waals surface area (Å²) in [6, 6.07) is 10.0. The minimum atomic E-state index is -4.40. The molecule has 1 N–H and O–H groups in total. The topological polar surface area (TPSA) is 52.7 Å². The lowest BCUT2D eigenvalue weighted by atomic mass is 9.77. The number of carbonyl (C=O) groups is 2. The molecule has 0 bridgehead atoms. The molecule has 2 aliphatic heterocycles. The van der Waals surface area contributed by atoms with Crippen LogP contribution in [0.3, 0.4) is 0 Å². The minimum Gasteiger partial charge on any atom is -0.339 e. The molecule has 0 radical (unpaired) electrons. The van der Waals surface area contributed by atoms with E-state index in [1.165, 1.54) is 12.1 Å². The predicted molar refractivity (Wildman–Crippen MR) is 120 cm³/mol. The normalized spacial score (nSPS) is 18.0. The van der Waals surface area contributed by atoms with E-state index < -0.39 is 11.7 Å². The van der Waals surface area contributed by atoms with Crippen molar-refractivity contribution in [3.8, 4) is 0 Å². The molecule has 0 atom stereocenters. The molecule has 8 heteroatoms. The molecule has 4 rings (SSSR count). The van der Waals surface area contributed by atoms with E-state index in [-0.39, 0.29) is 17.4 Å². The number of carbonyl (C=O) groups excluding carboxylic acids is 2. The van der Waals surface area contributed by atoms with E-state index in [1.807, 2.05) is 36.9 Å². The maximum absolute atomic E-state index is 13.1. The summed E-state index contributed by atoms with van der Waals surface area (Å²) in [5.41, 5.74) is 2.30. The van der Waals surface area contributed by atoms with Crippen LogP contribution in [0, 0.1) is 19.3 Å². The Morgan fingerprint density at radius 1 is 0.879 bits per heavy atom. The van der Waals surface area contributed by atoms with Crippen LogP contribution in [0.25, 0.3) is 0 Å². The fraction of sp³-hybridized carbons (Fsp3) is 0.440. The van der Waals surface area contributed by atoms with E-state index in [0.717, 1.165) is 48.1 Å². The lowest BCUT2D eigenvalue weighted by Gasteiger charge is -2.39. The van der Waals surface area contributed by atoms with Crippen molar-refractivity contribution in [2.75, 3.05) is 31.5 Å². The number of hydrogen-bond acceptors (Lipinski definition) is 2. The average molecular weight is 460 g/mol. The molecule has 2 aromatic rings. The van der Waals surface area contributed by atoms with E-state index in [4.69, 9.17) is 0 Å². The molecule has 3 amide bonds. The van der Waals surface area contributed by atoms with Crippen molar-refractivity contribution < 1.29 is 22.8 Å². The summed E-state index contributed by atoms with van der Waals surface area (Å²) in [5, 5.41) is 2.70. The zero-order valence-corrected chi connectivity index (χ0v) is 18.8. The van der Waals surface area contributed by atoms with Crippen molar-refractivity contribution >= 4 is 17.6 Å². The number of alkyl halides is 3. The Bertz CT molecular complexity index is 1020. The second kappa shape index (κ2) is 8.72. The molecule has 2 fully saturated rings. The van der Waals surface area contributed by atoms with Crippen molar-refractivity contribution in [2.45, 2.75) is 39.3 Å². The number of urea groups is 1. The molecule has 176 valence electrons. The summed E-state index contributed by atoms with van der Waals surface area (Å²) in [7, 11) is 0.